The molecule has 9 heteroatoms. The van der Waals surface area contributed by atoms with Crippen LogP contribution in [0.5, 0.6) is 5.75 Å². The van der Waals surface area contributed by atoms with Gasteiger partial charge in [0.15, 0.2) is 0 Å². The summed E-state index contributed by atoms with van der Waals surface area (Å²) in [7, 11) is -0.661. The molecule has 0 saturated carbocycles. The van der Waals surface area contributed by atoms with Crippen molar-refractivity contribution in [2.24, 2.45) is 7.05 Å². The lowest BCUT2D eigenvalue weighted by atomic mass is 10.2. The zero-order valence-corrected chi connectivity index (χ0v) is 11.5. The molecule has 102 valence electrons. The SMILES string of the molecule is COc1ccc(S(=O)(=O)Nc2nnn(C)n2)cc1C. The largest absolute Gasteiger partial charge is 0.496 e. The van der Waals surface area contributed by atoms with Crippen LogP contribution in [0.25, 0.3) is 0 Å². The van der Waals surface area contributed by atoms with E-state index in [1.807, 2.05) is 0 Å². The molecule has 0 unspecified atom stereocenters. The number of anilines is 1. The van der Waals surface area contributed by atoms with Crippen LogP contribution in [0.4, 0.5) is 5.95 Å². The van der Waals surface area contributed by atoms with E-state index >= 15 is 0 Å². The molecule has 1 aromatic carbocycles. The van der Waals surface area contributed by atoms with Gasteiger partial charge in [-0.1, -0.05) is 5.10 Å². The van der Waals surface area contributed by atoms with E-state index in [9.17, 15) is 8.42 Å². The number of benzene rings is 1. The topological polar surface area (TPSA) is 99.0 Å². The van der Waals surface area contributed by atoms with Crippen LogP contribution in [0.15, 0.2) is 23.1 Å². The molecule has 1 N–H and O–H groups in total. The summed E-state index contributed by atoms with van der Waals surface area (Å²) in [5.74, 6) is 0.549. The van der Waals surface area contributed by atoms with Crippen molar-refractivity contribution >= 4 is 16.0 Å². The number of nitrogens with one attached hydrogen (secondary N) is 1. The van der Waals surface area contributed by atoms with E-state index in [-0.39, 0.29) is 10.8 Å². The van der Waals surface area contributed by atoms with E-state index in [0.29, 0.717) is 5.75 Å². The number of nitrogens with zero attached hydrogens (tertiary/aromatic N) is 4. The Balaban J connectivity index is 2.31. The molecule has 0 atom stereocenters. The number of aryl methyl sites for hydroxylation is 2. The first-order valence-electron chi connectivity index (χ1n) is 5.34. The predicted molar refractivity (Wildman–Crippen MR) is 67.3 cm³/mol. The normalized spacial score (nSPS) is 11.3. The quantitative estimate of drug-likeness (QED) is 0.868. The molecule has 0 radical (unpaired) electrons. The summed E-state index contributed by atoms with van der Waals surface area (Å²) in [6.45, 7) is 1.76. The van der Waals surface area contributed by atoms with Gasteiger partial charge in [0.2, 0.25) is 0 Å². The Morgan fingerprint density at radius 3 is 2.63 bits per heavy atom. The third-order valence-corrected chi connectivity index (χ3v) is 3.74. The Bertz CT molecular complexity index is 695. The van der Waals surface area contributed by atoms with Crippen molar-refractivity contribution in [1.29, 1.82) is 0 Å². The van der Waals surface area contributed by atoms with Gasteiger partial charge in [0, 0.05) is 0 Å². The van der Waals surface area contributed by atoms with Crippen LogP contribution in [0.2, 0.25) is 0 Å². The summed E-state index contributed by atoms with van der Waals surface area (Å²) in [5, 5.41) is 10.9. The highest BCUT2D eigenvalue weighted by Gasteiger charge is 2.17. The molecule has 0 aliphatic heterocycles. The lowest BCUT2D eigenvalue weighted by molar-refractivity contribution is 0.411. The van der Waals surface area contributed by atoms with Crippen LogP contribution < -0.4 is 9.46 Å². The lowest BCUT2D eigenvalue weighted by Gasteiger charge is -2.08. The van der Waals surface area contributed by atoms with Crippen molar-refractivity contribution in [3.63, 3.8) is 0 Å². The molecule has 0 aliphatic carbocycles. The van der Waals surface area contributed by atoms with E-state index in [1.54, 1.807) is 20.0 Å². The van der Waals surface area contributed by atoms with Gasteiger partial charge in [-0.3, -0.25) is 0 Å². The maximum Gasteiger partial charge on any atom is 0.277 e. The Morgan fingerprint density at radius 2 is 2.11 bits per heavy atom. The van der Waals surface area contributed by atoms with Crippen LogP contribution in [-0.2, 0) is 17.1 Å². The molecule has 8 nitrogen and oxygen atoms in total. The highest BCUT2D eigenvalue weighted by molar-refractivity contribution is 7.92. The molecule has 0 aliphatic rings. The molecular formula is C10H13N5O3S. The van der Waals surface area contributed by atoms with Crippen molar-refractivity contribution in [2.45, 2.75) is 11.8 Å². The van der Waals surface area contributed by atoms with Gasteiger partial charge in [-0.25, -0.2) is 13.1 Å². The summed E-state index contributed by atoms with van der Waals surface area (Å²) in [4.78, 5) is 1.27. The molecule has 0 spiro atoms. The number of aromatic nitrogens is 4. The number of sulfonamides is 1. The Labute approximate surface area is 110 Å². The summed E-state index contributed by atoms with van der Waals surface area (Å²) in [6, 6.07) is 4.55. The van der Waals surface area contributed by atoms with Crippen LogP contribution in [0.3, 0.4) is 0 Å². The highest BCUT2D eigenvalue weighted by Crippen LogP contribution is 2.22. The maximum absolute atomic E-state index is 12.1. The number of ether oxygens (including phenoxy) is 1. The average Bonchev–Trinajstić information content (AvgIpc) is 2.73. The van der Waals surface area contributed by atoms with Gasteiger partial charge < -0.3 is 4.74 Å². The third-order valence-electron chi connectivity index (χ3n) is 2.41. The van der Waals surface area contributed by atoms with Crippen LogP contribution in [0.1, 0.15) is 5.56 Å². The average molecular weight is 283 g/mol. The molecule has 1 aromatic heterocycles. The molecule has 2 rings (SSSR count). The molecule has 1 heterocycles. The van der Waals surface area contributed by atoms with Crippen molar-refractivity contribution in [2.75, 3.05) is 11.8 Å². The first-order chi connectivity index (χ1) is 8.92. The number of methoxy groups -OCH3 is 1. The van der Waals surface area contributed by atoms with Crippen molar-refractivity contribution in [1.82, 2.24) is 20.2 Å². The smallest absolute Gasteiger partial charge is 0.277 e. The summed E-state index contributed by atoms with van der Waals surface area (Å²) in [5.41, 5.74) is 0.720. The van der Waals surface area contributed by atoms with Crippen LogP contribution >= 0.6 is 0 Å². The fraction of sp³-hybridized carbons (Fsp3) is 0.300. The molecule has 19 heavy (non-hydrogen) atoms. The van der Waals surface area contributed by atoms with Crippen LogP contribution in [-0.4, -0.2) is 35.7 Å². The molecule has 0 saturated heterocycles. The molecule has 0 fully saturated rings. The Morgan fingerprint density at radius 1 is 1.37 bits per heavy atom. The Kier molecular flexibility index (Phi) is 3.38. The summed E-state index contributed by atoms with van der Waals surface area (Å²) < 4.78 is 31.5. The Hall–Kier alpha value is -2.16. The van der Waals surface area contributed by atoms with Crippen molar-refractivity contribution in [3.8, 4) is 5.75 Å². The molecule has 2 aromatic rings. The minimum atomic E-state index is -3.73. The fourth-order valence-corrected chi connectivity index (χ4v) is 2.54. The third kappa shape index (κ3) is 2.81. The van der Waals surface area contributed by atoms with Gasteiger partial charge in [-0.2, -0.15) is 4.80 Å². The zero-order valence-electron chi connectivity index (χ0n) is 10.7. The fourth-order valence-electron chi connectivity index (χ4n) is 1.52. The summed E-state index contributed by atoms with van der Waals surface area (Å²) in [6.07, 6.45) is 0. The van der Waals surface area contributed by atoms with Gasteiger partial charge in [0.1, 0.15) is 5.75 Å². The highest BCUT2D eigenvalue weighted by atomic mass is 32.2. The lowest BCUT2D eigenvalue weighted by Crippen LogP contribution is -2.14. The van der Waals surface area contributed by atoms with E-state index in [4.69, 9.17) is 4.74 Å². The van der Waals surface area contributed by atoms with Gasteiger partial charge in [-0.15, -0.1) is 5.10 Å². The minimum Gasteiger partial charge on any atom is -0.496 e. The zero-order chi connectivity index (χ0) is 14.0. The van der Waals surface area contributed by atoms with Gasteiger partial charge in [0.05, 0.1) is 19.1 Å². The first-order valence-corrected chi connectivity index (χ1v) is 6.82. The number of hydrogen-bond donors (Lipinski definition) is 1. The predicted octanol–water partition coefficient (Wildman–Crippen LogP) is 0.328. The van der Waals surface area contributed by atoms with Gasteiger partial charge in [-0.05, 0) is 35.9 Å². The second-order valence-electron chi connectivity index (χ2n) is 3.84. The van der Waals surface area contributed by atoms with Gasteiger partial charge in [0.25, 0.3) is 16.0 Å². The van der Waals surface area contributed by atoms with E-state index < -0.39 is 10.0 Å². The second kappa shape index (κ2) is 4.84. The van der Waals surface area contributed by atoms with E-state index in [1.165, 1.54) is 19.2 Å². The van der Waals surface area contributed by atoms with Crippen LogP contribution in [0, 0.1) is 6.92 Å². The molecule has 0 bridgehead atoms. The minimum absolute atomic E-state index is 0.0732. The number of rotatable bonds is 4. The molecule has 0 amide bonds. The van der Waals surface area contributed by atoms with Crippen molar-refractivity contribution < 1.29 is 13.2 Å². The standard InChI is InChI=1S/C10H13N5O3S/c1-7-6-8(4-5-9(7)18-3)19(16,17)13-10-11-14-15(2)12-10/h4-6H,1-3H3,(H,12,13). The van der Waals surface area contributed by atoms with Crippen molar-refractivity contribution in [3.05, 3.63) is 23.8 Å². The van der Waals surface area contributed by atoms with E-state index in [2.05, 4.69) is 20.1 Å². The maximum atomic E-state index is 12.1. The first kappa shape index (κ1) is 13.3. The number of hydrogen-bond acceptors (Lipinski definition) is 6. The number of tetrazole rings is 1. The second-order valence-corrected chi connectivity index (χ2v) is 5.52. The van der Waals surface area contributed by atoms with E-state index in [0.717, 1.165) is 10.4 Å². The monoisotopic (exact) mass is 283 g/mol. The summed E-state index contributed by atoms with van der Waals surface area (Å²) >= 11 is 0. The molecular weight excluding hydrogens is 270 g/mol. The van der Waals surface area contributed by atoms with Gasteiger partial charge >= 0.3 is 0 Å².